The van der Waals surface area contributed by atoms with Crippen LogP contribution >= 0.6 is 15.9 Å². The van der Waals surface area contributed by atoms with E-state index in [4.69, 9.17) is 5.73 Å². The summed E-state index contributed by atoms with van der Waals surface area (Å²) in [4.78, 5) is 0. The summed E-state index contributed by atoms with van der Waals surface area (Å²) in [5.41, 5.74) is 3.35. The van der Waals surface area contributed by atoms with Gasteiger partial charge in [-0.25, -0.2) is 13.2 Å². The molecule has 0 bridgehead atoms. The maximum absolute atomic E-state index is 14.2. The lowest BCUT2D eigenvalue weighted by Crippen LogP contribution is -2.36. The van der Waals surface area contributed by atoms with Crippen LogP contribution in [0, 0.1) is 11.6 Å². The fourth-order valence-corrected chi connectivity index (χ4v) is 2.13. The zero-order valence-electron chi connectivity index (χ0n) is 9.57. The number of alkyl halides is 1. The summed E-state index contributed by atoms with van der Waals surface area (Å²) in [6, 6.07) is 2.38. The van der Waals surface area contributed by atoms with Crippen molar-refractivity contribution in [1.82, 2.24) is 0 Å². The molecule has 0 aliphatic rings. The summed E-state index contributed by atoms with van der Waals surface area (Å²) < 4.78 is 41.5. The number of hydrogen-bond acceptors (Lipinski definition) is 1. The van der Waals surface area contributed by atoms with Gasteiger partial charge in [-0.3, -0.25) is 0 Å². The fourth-order valence-electron chi connectivity index (χ4n) is 1.76. The van der Waals surface area contributed by atoms with E-state index in [0.717, 1.165) is 6.07 Å². The molecule has 0 aromatic heterocycles. The van der Waals surface area contributed by atoms with Crippen LogP contribution in [0.3, 0.4) is 0 Å². The number of nitrogens with two attached hydrogens (primary N) is 1. The zero-order chi connectivity index (χ0) is 13.1. The predicted molar refractivity (Wildman–Crippen MR) is 65.6 cm³/mol. The van der Waals surface area contributed by atoms with Crippen molar-refractivity contribution < 1.29 is 13.2 Å². The third-order valence-corrected chi connectivity index (χ3v) is 3.31. The van der Waals surface area contributed by atoms with Crippen molar-refractivity contribution in [2.24, 2.45) is 5.73 Å². The van der Waals surface area contributed by atoms with Crippen LogP contribution in [-0.2, 0) is 6.42 Å². The van der Waals surface area contributed by atoms with Crippen LogP contribution in [0.1, 0.15) is 25.3 Å². The summed E-state index contributed by atoms with van der Waals surface area (Å²) >= 11 is 2.95. The first-order valence-electron chi connectivity index (χ1n) is 5.45. The average molecular weight is 310 g/mol. The third-order valence-electron chi connectivity index (χ3n) is 2.70. The van der Waals surface area contributed by atoms with Gasteiger partial charge in [-0.15, -0.1) is 0 Å². The van der Waals surface area contributed by atoms with Gasteiger partial charge in [0.25, 0.3) is 0 Å². The summed E-state index contributed by atoms with van der Waals surface area (Å²) in [5.74, 6) is -1.49. The molecule has 0 saturated carbocycles. The Kier molecular flexibility index (Phi) is 5.01. The summed E-state index contributed by atoms with van der Waals surface area (Å²) in [6.45, 7) is 1.56. The predicted octanol–water partition coefficient (Wildman–Crippen LogP) is 3.74. The standard InChI is InChI=1S/C12H15BrF3N/c1-2-5-12(16,7-17)6-8-10(14)4-3-9(13)11(8)15/h3-4H,2,5-7,17H2,1H3. The first kappa shape index (κ1) is 14.5. The van der Waals surface area contributed by atoms with Gasteiger partial charge in [0.05, 0.1) is 4.47 Å². The molecule has 0 aliphatic heterocycles. The molecule has 2 N–H and O–H groups in total. The highest BCUT2D eigenvalue weighted by molar-refractivity contribution is 9.10. The molecule has 0 saturated heterocycles. The molecule has 17 heavy (non-hydrogen) atoms. The lowest BCUT2D eigenvalue weighted by Gasteiger charge is -2.23. The van der Waals surface area contributed by atoms with Crippen LogP contribution in [-0.4, -0.2) is 12.2 Å². The van der Waals surface area contributed by atoms with Gasteiger partial charge < -0.3 is 5.73 Å². The van der Waals surface area contributed by atoms with E-state index in [9.17, 15) is 13.2 Å². The minimum absolute atomic E-state index is 0.129. The zero-order valence-corrected chi connectivity index (χ0v) is 11.2. The second-order valence-corrected chi connectivity index (χ2v) is 4.96. The molecule has 1 aromatic carbocycles. The van der Waals surface area contributed by atoms with Gasteiger partial charge in [0.2, 0.25) is 0 Å². The minimum atomic E-state index is -1.75. The van der Waals surface area contributed by atoms with Crippen molar-refractivity contribution in [3.8, 4) is 0 Å². The molecule has 1 rings (SSSR count). The van der Waals surface area contributed by atoms with Gasteiger partial charge in [-0.05, 0) is 34.5 Å². The average Bonchev–Trinajstić information content (AvgIpc) is 2.30. The fraction of sp³-hybridized carbons (Fsp3) is 0.500. The van der Waals surface area contributed by atoms with Crippen LogP contribution < -0.4 is 5.73 Å². The largest absolute Gasteiger partial charge is 0.328 e. The molecule has 1 atom stereocenters. The Labute approximate surface area is 107 Å². The van der Waals surface area contributed by atoms with E-state index in [1.807, 2.05) is 0 Å². The van der Waals surface area contributed by atoms with Gasteiger partial charge in [-0.2, -0.15) is 0 Å². The second-order valence-electron chi connectivity index (χ2n) is 4.10. The van der Waals surface area contributed by atoms with Crippen LogP contribution in [0.5, 0.6) is 0 Å². The molecule has 1 aromatic rings. The van der Waals surface area contributed by atoms with E-state index in [1.165, 1.54) is 6.07 Å². The van der Waals surface area contributed by atoms with Crippen molar-refractivity contribution in [3.05, 3.63) is 33.8 Å². The molecule has 0 aliphatic carbocycles. The van der Waals surface area contributed by atoms with Crippen molar-refractivity contribution in [2.75, 3.05) is 6.54 Å². The van der Waals surface area contributed by atoms with Gasteiger partial charge >= 0.3 is 0 Å². The molecular weight excluding hydrogens is 295 g/mol. The van der Waals surface area contributed by atoms with E-state index in [2.05, 4.69) is 15.9 Å². The normalized spacial score (nSPS) is 14.7. The van der Waals surface area contributed by atoms with E-state index < -0.39 is 17.3 Å². The highest BCUT2D eigenvalue weighted by Gasteiger charge is 2.30. The van der Waals surface area contributed by atoms with Crippen LogP contribution in [0.2, 0.25) is 0 Å². The van der Waals surface area contributed by atoms with E-state index in [-0.39, 0.29) is 29.4 Å². The van der Waals surface area contributed by atoms with Crippen LogP contribution in [0.25, 0.3) is 0 Å². The topological polar surface area (TPSA) is 26.0 Å². The highest BCUT2D eigenvalue weighted by Crippen LogP contribution is 2.28. The molecule has 96 valence electrons. The smallest absolute Gasteiger partial charge is 0.143 e. The van der Waals surface area contributed by atoms with Crippen molar-refractivity contribution >= 4 is 15.9 Å². The van der Waals surface area contributed by atoms with Gasteiger partial charge in [-0.1, -0.05) is 13.3 Å². The highest BCUT2D eigenvalue weighted by atomic mass is 79.9. The quantitative estimate of drug-likeness (QED) is 0.824. The Morgan fingerprint density at radius 1 is 1.35 bits per heavy atom. The van der Waals surface area contributed by atoms with Crippen LogP contribution in [0.4, 0.5) is 13.2 Å². The first-order chi connectivity index (χ1) is 7.93. The van der Waals surface area contributed by atoms with E-state index >= 15 is 0 Å². The van der Waals surface area contributed by atoms with E-state index in [1.54, 1.807) is 6.92 Å². The van der Waals surface area contributed by atoms with Gasteiger partial charge in [0.1, 0.15) is 17.3 Å². The SMILES string of the molecule is CCCC(F)(CN)Cc1c(F)ccc(Br)c1F. The molecule has 0 amide bonds. The van der Waals surface area contributed by atoms with Crippen molar-refractivity contribution in [1.29, 1.82) is 0 Å². The summed E-state index contributed by atoms with van der Waals surface area (Å²) in [7, 11) is 0. The van der Waals surface area contributed by atoms with Gasteiger partial charge in [0.15, 0.2) is 0 Å². The molecule has 0 radical (unpaired) electrons. The maximum atomic E-state index is 14.2. The van der Waals surface area contributed by atoms with Gasteiger partial charge in [0, 0.05) is 18.5 Å². The summed E-state index contributed by atoms with van der Waals surface area (Å²) in [6.07, 6.45) is 0.425. The van der Waals surface area contributed by atoms with Crippen molar-refractivity contribution in [2.45, 2.75) is 31.9 Å². The number of rotatable bonds is 5. The molecule has 0 fully saturated rings. The van der Waals surface area contributed by atoms with Crippen LogP contribution in [0.15, 0.2) is 16.6 Å². The Balaban J connectivity index is 3.05. The molecule has 0 spiro atoms. The monoisotopic (exact) mass is 309 g/mol. The second kappa shape index (κ2) is 5.87. The Bertz CT molecular complexity index is 398. The minimum Gasteiger partial charge on any atom is -0.328 e. The first-order valence-corrected chi connectivity index (χ1v) is 6.24. The Morgan fingerprint density at radius 3 is 2.53 bits per heavy atom. The lowest BCUT2D eigenvalue weighted by atomic mass is 9.91. The lowest BCUT2D eigenvalue weighted by molar-refractivity contribution is 0.155. The molecule has 5 heteroatoms. The molecule has 1 nitrogen and oxygen atoms in total. The number of benzene rings is 1. The maximum Gasteiger partial charge on any atom is 0.143 e. The Morgan fingerprint density at radius 2 is 2.00 bits per heavy atom. The molecule has 0 heterocycles. The number of halogens is 4. The molecular formula is C12H15BrF3N. The summed E-state index contributed by atoms with van der Waals surface area (Å²) in [5, 5.41) is 0. The van der Waals surface area contributed by atoms with E-state index in [0.29, 0.717) is 6.42 Å². The number of hydrogen-bond donors (Lipinski definition) is 1. The third kappa shape index (κ3) is 3.45. The molecule has 1 unspecified atom stereocenters. The Hall–Kier alpha value is -0.550. The van der Waals surface area contributed by atoms with Crippen molar-refractivity contribution in [3.63, 3.8) is 0 Å².